The molecule has 0 N–H and O–H groups in total. The Balaban J connectivity index is 1.50. The van der Waals surface area contributed by atoms with Crippen LogP contribution in [0, 0.1) is 5.92 Å². The number of carbonyl (C=O) groups is 1. The van der Waals surface area contributed by atoms with Crippen molar-refractivity contribution in [3.8, 4) is 28.3 Å². The van der Waals surface area contributed by atoms with Crippen molar-refractivity contribution in [3.05, 3.63) is 66.5 Å². The summed E-state index contributed by atoms with van der Waals surface area (Å²) >= 11 is 0. The van der Waals surface area contributed by atoms with Crippen LogP contribution in [-0.4, -0.2) is 28.6 Å². The fraction of sp³-hybridized carbons (Fsp3) is 0.433. The van der Waals surface area contributed by atoms with Crippen molar-refractivity contribution in [1.82, 2.24) is 9.97 Å². The first-order chi connectivity index (χ1) is 17.0. The maximum Gasteiger partial charge on any atom is 0.309 e. The lowest BCUT2D eigenvalue weighted by Gasteiger charge is -2.17. The standard InChI is InChI=1S/C30H38N2O3/c1-5-7-8-10-22(3)30(33)35-23(4)21-34-28-17-15-26(16-18-28)29-31-19-27(20-32-29)25-13-11-24(9-6-2)12-14-25/h11-20,22-23H,5-10,21H2,1-4H3. The lowest BCUT2D eigenvalue weighted by atomic mass is 10.0. The molecule has 0 aliphatic rings. The van der Waals surface area contributed by atoms with Crippen LogP contribution in [-0.2, 0) is 16.0 Å². The molecule has 2 atom stereocenters. The van der Waals surface area contributed by atoms with E-state index in [1.807, 2.05) is 50.5 Å². The van der Waals surface area contributed by atoms with Gasteiger partial charge in [0, 0.05) is 23.5 Å². The average molecular weight is 475 g/mol. The topological polar surface area (TPSA) is 61.3 Å². The van der Waals surface area contributed by atoms with Crippen molar-refractivity contribution in [3.63, 3.8) is 0 Å². The molecule has 0 amide bonds. The molecule has 0 spiro atoms. The maximum absolute atomic E-state index is 12.2. The molecule has 3 rings (SSSR count). The zero-order valence-electron chi connectivity index (χ0n) is 21.5. The summed E-state index contributed by atoms with van der Waals surface area (Å²) in [6.07, 6.45) is 9.89. The van der Waals surface area contributed by atoms with Gasteiger partial charge in [0.15, 0.2) is 5.82 Å². The Morgan fingerprint density at radius 1 is 0.829 bits per heavy atom. The highest BCUT2D eigenvalue weighted by Gasteiger charge is 2.17. The second kappa shape index (κ2) is 13.6. The van der Waals surface area contributed by atoms with Crippen molar-refractivity contribution in [1.29, 1.82) is 0 Å². The first kappa shape index (κ1) is 26.4. The van der Waals surface area contributed by atoms with Gasteiger partial charge < -0.3 is 9.47 Å². The van der Waals surface area contributed by atoms with Crippen LogP contribution in [0.5, 0.6) is 5.75 Å². The zero-order valence-corrected chi connectivity index (χ0v) is 21.5. The molecule has 5 heteroatoms. The summed E-state index contributed by atoms with van der Waals surface area (Å²) in [5.74, 6) is 1.17. The van der Waals surface area contributed by atoms with Gasteiger partial charge in [0.1, 0.15) is 18.5 Å². The third-order valence-corrected chi connectivity index (χ3v) is 6.04. The van der Waals surface area contributed by atoms with Crippen molar-refractivity contribution < 1.29 is 14.3 Å². The molecule has 2 unspecified atom stereocenters. The normalized spacial score (nSPS) is 12.7. The molecule has 35 heavy (non-hydrogen) atoms. The number of aryl methyl sites for hydroxylation is 1. The molecule has 0 aliphatic heterocycles. The third kappa shape index (κ3) is 8.20. The monoisotopic (exact) mass is 474 g/mol. The number of hydrogen-bond acceptors (Lipinski definition) is 5. The van der Waals surface area contributed by atoms with E-state index in [0.717, 1.165) is 61.0 Å². The molecule has 2 aromatic carbocycles. The summed E-state index contributed by atoms with van der Waals surface area (Å²) in [6.45, 7) is 8.45. The number of benzene rings is 2. The Kier molecular flexibility index (Phi) is 10.3. The van der Waals surface area contributed by atoms with E-state index in [1.165, 1.54) is 5.56 Å². The highest BCUT2D eigenvalue weighted by molar-refractivity contribution is 5.72. The number of carbonyl (C=O) groups excluding carboxylic acids is 1. The zero-order chi connectivity index (χ0) is 25.0. The first-order valence-corrected chi connectivity index (χ1v) is 12.8. The number of nitrogens with zero attached hydrogens (tertiary/aromatic N) is 2. The van der Waals surface area contributed by atoms with Crippen molar-refractivity contribution in [2.45, 2.75) is 72.3 Å². The van der Waals surface area contributed by atoms with Gasteiger partial charge in [-0.05, 0) is 55.2 Å². The van der Waals surface area contributed by atoms with Gasteiger partial charge in [-0.3, -0.25) is 4.79 Å². The second-order valence-electron chi connectivity index (χ2n) is 9.22. The fourth-order valence-electron chi connectivity index (χ4n) is 3.86. The Labute approximate surface area is 209 Å². The van der Waals surface area contributed by atoms with Gasteiger partial charge in [0.25, 0.3) is 0 Å². The van der Waals surface area contributed by atoms with E-state index >= 15 is 0 Å². The van der Waals surface area contributed by atoms with E-state index in [2.05, 4.69) is 48.1 Å². The Morgan fingerprint density at radius 3 is 2.11 bits per heavy atom. The lowest BCUT2D eigenvalue weighted by molar-refractivity contribution is -0.154. The third-order valence-electron chi connectivity index (χ3n) is 6.04. The minimum absolute atomic E-state index is 0.0740. The summed E-state index contributed by atoms with van der Waals surface area (Å²) in [7, 11) is 0. The van der Waals surface area contributed by atoms with Gasteiger partial charge in [0.05, 0.1) is 5.92 Å². The van der Waals surface area contributed by atoms with E-state index in [-0.39, 0.29) is 18.0 Å². The summed E-state index contributed by atoms with van der Waals surface area (Å²) in [5.41, 5.74) is 4.38. The molecule has 0 saturated carbocycles. The minimum atomic E-state index is -0.303. The maximum atomic E-state index is 12.2. The summed E-state index contributed by atoms with van der Waals surface area (Å²) in [5, 5.41) is 0. The predicted molar refractivity (Wildman–Crippen MR) is 141 cm³/mol. The smallest absolute Gasteiger partial charge is 0.309 e. The van der Waals surface area contributed by atoms with Crippen LogP contribution in [0.3, 0.4) is 0 Å². The largest absolute Gasteiger partial charge is 0.490 e. The molecule has 0 radical (unpaired) electrons. The molecule has 0 bridgehead atoms. The van der Waals surface area contributed by atoms with Crippen molar-refractivity contribution in [2.24, 2.45) is 5.92 Å². The van der Waals surface area contributed by atoms with E-state index in [4.69, 9.17) is 9.47 Å². The molecule has 0 fully saturated rings. The molecular weight excluding hydrogens is 436 g/mol. The van der Waals surface area contributed by atoms with Gasteiger partial charge in [0.2, 0.25) is 0 Å². The summed E-state index contributed by atoms with van der Waals surface area (Å²) in [6, 6.07) is 16.2. The highest BCUT2D eigenvalue weighted by atomic mass is 16.6. The van der Waals surface area contributed by atoms with Crippen molar-refractivity contribution in [2.75, 3.05) is 6.61 Å². The van der Waals surface area contributed by atoms with E-state index in [0.29, 0.717) is 12.4 Å². The molecule has 5 nitrogen and oxygen atoms in total. The molecular formula is C30H38N2O3. The molecule has 0 aliphatic carbocycles. The van der Waals surface area contributed by atoms with Crippen LogP contribution >= 0.6 is 0 Å². The summed E-state index contributed by atoms with van der Waals surface area (Å²) < 4.78 is 11.4. The highest BCUT2D eigenvalue weighted by Crippen LogP contribution is 2.23. The summed E-state index contributed by atoms with van der Waals surface area (Å²) in [4.78, 5) is 21.3. The Bertz CT molecular complexity index is 1030. The number of aromatic nitrogens is 2. The van der Waals surface area contributed by atoms with Crippen LogP contribution in [0.4, 0.5) is 0 Å². The van der Waals surface area contributed by atoms with Gasteiger partial charge in [-0.15, -0.1) is 0 Å². The minimum Gasteiger partial charge on any atom is -0.490 e. The second-order valence-corrected chi connectivity index (χ2v) is 9.22. The number of ether oxygens (including phenoxy) is 2. The van der Waals surface area contributed by atoms with Crippen LogP contribution in [0.2, 0.25) is 0 Å². The molecule has 1 aromatic heterocycles. The number of rotatable bonds is 13. The Morgan fingerprint density at radius 2 is 1.49 bits per heavy atom. The number of esters is 1. The quantitative estimate of drug-likeness (QED) is 0.192. The van der Waals surface area contributed by atoms with Crippen molar-refractivity contribution >= 4 is 5.97 Å². The number of hydrogen-bond donors (Lipinski definition) is 0. The van der Waals surface area contributed by atoms with Gasteiger partial charge in [-0.1, -0.05) is 70.7 Å². The van der Waals surface area contributed by atoms with Crippen LogP contribution in [0.15, 0.2) is 60.9 Å². The van der Waals surface area contributed by atoms with Crippen LogP contribution < -0.4 is 4.74 Å². The Hall–Kier alpha value is -3.21. The van der Waals surface area contributed by atoms with Crippen LogP contribution in [0.25, 0.3) is 22.5 Å². The first-order valence-electron chi connectivity index (χ1n) is 12.8. The van der Waals surface area contributed by atoms with Gasteiger partial charge in [-0.2, -0.15) is 0 Å². The predicted octanol–water partition coefficient (Wildman–Crippen LogP) is 7.29. The van der Waals surface area contributed by atoms with Gasteiger partial charge in [-0.25, -0.2) is 9.97 Å². The molecule has 3 aromatic rings. The molecule has 0 saturated heterocycles. The SMILES string of the molecule is CCCCCC(C)C(=O)OC(C)COc1ccc(-c2ncc(-c3ccc(CCC)cc3)cn2)cc1. The molecule has 1 heterocycles. The fourth-order valence-corrected chi connectivity index (χ4v) is 3.86. The lowest BCUT2D eigenvalue weighted by Crippen LogP contribution is -2.25. The van der Waals surface area contributed by atoms with E-state index in [9.17, 15) is 4.79 Å². The van der Waals surface area contributed by atoms with Crippen LogP contribution in [0.1, 0.15) is 65.4 Å². The average Bonchev–Trinajstić information content (AvgIpc) is 2.88. The van der Waals surface area contributed by atoms with Gasteiger partial charge >= 0.3 is 5.97 Å². The number of unbranched alkanes of at least 4 members (excludes halogenated alkanes) is 2. The molecule has 186 valence electrons. The van der Waals surface area contributed by atoms with E-state index in [1.54, 1.807) is 0 Å². The van der Waals surface area contributed by atoms with E-state index < -0.39 is 0 Å².